The lowest BCUT2D eigenvalue weighted by Crippen LogP contribution is -2.61. The van der Waals surface area contributed by atoms with Crippen LogP contribution in [0.1, 0.15) is 6.92 Å². The molecule has 2 amide bonds. The number of anilines is 3. The number of nitrogens with two attached hydrogens (primary N) is 1. The SMILES string of the molecule is COc1nccc(-n2cc(F)c(N3CCOC(C(C)(O)C(=O)Nc4ccc5c(N)noc5c4)C3=O)n2)n1. The molecule has 1 aliphatic rings. The zero-order valence-electron chi connectivity index (χ0n) is 19.6. The topological polar surface area (TPSA) is 184 Å². The van der Waals surface area contributed by atoms with Crippen LogP contribution in [0, 0.1) is 5.82 Å². The van der Waals surface area contributed by atoms with Gasteiger partial charge in [0, 0.05) is 24.0 Å². The fourth-order valence-corrected chi connectivity index (χ4v) is 3.81. The van der Waals surface area contributed by atoms with Gasteiger partial charge in [-0.1, -0.05) is 5.16 Å². The molecule has 4 N–H and O–H groups in total. The third kappa shape index (κ3) is 4.30. The maximum Gasteiger partial charge on any atom is 0.318 e. The second-order valence-electron chi connectivity index (χ2n) is 8.27. The summed E-state index contributed by atoms with van der Waals surface area (Å²) < 4.78 is 31.5. The highest BCUT2D eigenvalue weighted by Crippen LogP contribution is 2.28. The second kappa shape index (κ2) is 9.11. The molecule has 1 aliphatic heterocycles. The molecule has 15 heteroatoms. The molecule has 0 radical (unpaired) electrons. The largest absolute Gasteiger partial charge is 0.467 e. The van der Waals surface area contributed by atoms with Crippen molar-refractivity contribution in [3.8, 4) is 11.8 Å². The number of methoxy groups -OCH3 is 1. The summed E-state index contributed by atoms with van der Waals surface area (Å²) in [5.74, 6) is -2.54. The molecule has 0 saturated carbocycles. The van der Waals surface area contributed by atoms with E-state index in [-0.39, 0.29) is 42.3 Å². The van der Waals surface area contributed by atoms with Gasteiger partial charge in [-0.2, -0.15) is 4.98 Å². The summed E-state index contributed by atoms with van der Waals surface area (Å²) in [6.45, 7) is 0.982. The molecule has 1 saturated heterocycles. The highest BCUT2D eigenvalue weighted by molar-refractivity contribution is 6.06. The third-order valence-corrected chi connectivity index (χ3v) is 5.76. The summed E-state index contributed by atoms with van der Waals surface area (Å²) in [5, 5.41) is 21.9. The van der Waals surface area contributed by atoms with E-state index in [0.717, 1.165) is 22.7 Å². The number of benzene rings is 1. The van der Waals surface area contributed by atoms with Gasteiger partial charge < -0.3 is 30.2 Å². The molecule has 5 rings (SSSR count). The molecule has 4 heterocycles. The predicted octanol–water partition coefficient (Wildman–Crippen LogP) is 0.655. The maximum atomic E-state index is 14.9. The minimum atomic E-state index is -2.33. The number of rotatable bonds is 6. The summed E-state index contributed by atoms with van der Waals surface area (Å²) in [4.78, 5) is 35.2. The third-order valence-electron chi connectivity index (χ3n) is 5.76. The van der Waals surface area contributed by atoms with Crippen LogP contribution >= 0.6 is 0 Å². The molecule has 0 spiro atoms. The lowest BCUT2D eigenvalue weighted by atomic mass is 9.95. The van der Waals surface area contributed by atoms with Crippen molar-refractivity contribution in [3.05, 3.63) is 42.5 Å². The van der Waals surface area contributed by atoms with E-state index in [1.165, 1.54) is 31.5 Å². The van der Waals surface area contributed by atoms with Crippen LogP contribution < -0.4 is 20.7 Å². The van der Waals surface area contributed by atoms with Crippen molar-refractivity contribution in [1.29, 1.82) is 0 Å². The second-order valence-corrected chi connectivity index (χ2v) is 8.27. The zero-order chi connectivity index (χ0) is 26.3. The lowest BCUT2D eigenvalue weighted by molar-refractivity contribution is -0.165. The number of nitrogen functional groups attached to an aromatic ring is 1. The molecule has 14 nitrogen and oxygen atoms in total. The number of aliphatic hydroxyl groups is 1. The molecular weight excluding hydrogens is 491 g/mol. The van der Waals surface area contributed by atoms with Gasteiger partial charge in [-0.3, -0.25) is 14.5 Å². The molecule has 0 aliphatic carbocycles. The van der Waals surface area contributed by atoms with Crippen molar-refractivity contribution in [2.24, 2.45) is 0 Å². The van der Waals surface area contributed by atoms with Gasteiger partial charge in [0.05, 0.1) is 31.8 Å². The number of nitrogens with zero attached hydrogens (tertiary/aromatic N) is 6. The molecule has 37 heavy (non-hydrogen) atoms. The van der Waals surface area contributed by atoms with Crippen LogP contribution in [0.2, 0.25) is 0 Å². The Morgan fingerprint density at radius 3 is 2.97 bits per heavy atom. The quantitative estimate of drug-likeness (QED) is 0.330. The number of carbonyl (C=O) groups excluding carboxylic acids is 2. The number of hydrogen-bond donors (Lipinski definition) is 3. The molecule has 1 aromatic carbocycles. The Morgan fingerprint density at radius 2 is 2.19 bits per heavy atom. The van der Waals surface area contributed by atoms with E-state index >= 15 is 0 Å². The Labute approximate surface area is 207 Å². The van der Waals surface area contributed by atoms with E-state index in [4.69, 9.17) is 19.7 Å². The molecule has 2 unspecified atom stereocenters. The number of carbonyl (C=O) groups is 2. The Morgan fingerprint density at radius 1 is 1.38 bits per heavy atom. The van der Waals surface area contributed by atoms with Crippen LogP contribution in [-0.2, 0) is 14.3 Å². The number of fused-ring (bicyclic) bond motifs is 1. The summed E-state index contributed by atoms with van der Waals surface area (Å²) in [5.41, 5.74) is 3.94. The first kappa shape index (κ1) is 24.1. The Bertz CT molecular complexity index is 1500. The number of halogens is 1. The van der Waals surface area contributed by atoms with Crippen LogP contribution in [0.4, 0.5) is 21.7 Å². The zero-order valence-corrected chi connectivity index (χ0v) is 19.6. The minimum absolute atomic E-state index is 0.0467. The van der Waals surface area contributed by atoms with Gasteiger partial charge in [-0.05, 0) is 19.1 Å². The van der Waals surface area contributed by atoms with Crippen molar-refractivity contribution in [1.82, 2.24) is 24.9 Å². The van der Waals surface area contributed by atoms with Gasteiger partial charge >= 0.3 is 6.01 Å². The highest BCUT2D eigenvalue weighted by Gasteiger charge is 2.49. The van der Waals surface area contributed by atoms with Crippen molar-refractivity contribution >= 4 is 40.1 Å². The molecule has 1 fully saturated rings. The fourth-order valence-electron chi connectivity index (χ4n) is 3.81. The molecule has 192 valence electrons. The summed E-state index contributed by atoms with van der Waals surface area (Å²) in [6.07, 6.45) is 0.794. The number of aromatic nitrogens is 5. The monoisotopic (exact) mass is 512 g/mol. The Balaban J connectivity index is 1.36. The number of amides is 2. The van der Waals surface area contributed by atoms with E-state index in [2.05, 4.69) is 25.5 Å². The Hall–Kier alpha value is -4.63. The molecule has 4 aromatic rings. The van der Waals surface area contributed by atoms with Crippen LogP contribution in [0.5, 0.6) is 6.01 Å². The van der Waals surface area contributed by atoms with Gasteiger partial charge in [0.2, 0.25) is 0 Å². The molecule has 2 atom stereocenters. The minimum Gasteiger partial charge on any atom is -0.467 e. The summed E-state index contributed by atoms with van der Waals surface area (Å²) in [7, 11) is 1.38. The van der Waals surface area contributed by atoms with Gasteiger partial charge in [-0.25, -0.2) is 14.1 Å². The van der Waals surface area contributed by atoms with E-state index in [1.54, 1.807) is 6.07 Å². The Kier molecular flexibility index (Phi) is 5.93. The van der Waals surface area contributed by atoms with Crippen molar-refractivity contribution in [2.45, 2.75) is 18.6 Å². The smallest absolute Gasteiger partial charge is 0.318 e. The molecule has 3 aromatic heterocycles. The molecule has 0 bridgehead atoms. The summed E-state index contributed by atoms with van der Waals surface area (Å²) in [6, 6.07) is 6.10. The molecular formula is C22H21FN8O6. The van der Waals surface area contributed by atoms with Crippen LogP contribution in [0.3, 0.4) is 0 Å². The highest BCUT2D eigenvalue weighted by atomic mass is 19.1. The normalized spacial score (nSPS) is 17.6. The first-order chi connectivity index (χ1) is 17.7. The van der Waals surface area contributed by atoms with Gasteiger partial charge in [0.25, 0.3) is 11.8 Å². The number of ether oxygens (including phenoxy) is 2. The first-order valence-corrected chi connectivity index (χ1v) is 10.9. The van der Waals surface area contributed by atoms with E-state index in [0.29, 0.717) is 11.0 Å². The fraction of sp³-hybridized carbons (Fsp3) is 0.273. The predicted molar refractivity (Wildman–Crippen MR) is 125 cm³/mol. The van der Waals surface area contributed by atoms with E-state index in [9.17, 15) is 19.1 Å². The van der Waals surface area contributed by atoms with Crippen LogP contribution in [0.15, 0.2) is 41.2 Å². The average molecular weight is 512 g/mol. The van der Waals surface area contributed by atoms with Crippen molar-refractivity contribution in [2.75, 3.05) is 36.2 Å². The van der Waals surface area contributed by atoms with E-state index < -0.39 is 29.3 Å². The summed E-state index contributed by atoms with van der Waals surface area (Å²) >= 11 is 0. The van der Waals surface area contributed by atoms with Crippen LogP contribution in [-0.4, -0.2) is 73.8 Å². The maximum absolute atomic E-state index is 14.9. The van der Waals surface area contributed by atoms with Crippen molar-refractivity contribution in [3.63, 3.8) is 0 Å². The average Bonchev–Trinajstić information content (AvgIpc) is 3.46. The first-order valence-electron chi connectivity index (χ1n) is 10.9. The number of hydrogen-bond acceptors (Lipinski definition) is 11. The standard InChI is InChI=1S/C22H21FN8O6/c1-22(34,20(33)26-11-3-4-12-14(9-11)37-29-17(12)24)16-19(32)30(7-8-36-16)18-13(23)10-31(28-18)15-5-6-25-21(27-15)35-2/h3-6,9-10,16,34H,7-8H2,1-2H3,(H2,24,29)(H,26,33). The van der Waals surface area contributed by atoms with Gasteiger partial charge in [0.15, 0.2) is 40.6 Å². The van der Waals surface area contributed by atoms with Crippen LogP contribution in [0.25, 0.3) is 16.8 Å². The lowest BCUT2D eigenvalue weighted by Gasteiger charge is -2.37. The van der Waals surface area contributed by atoms with Gasteiger partial charge in [0.1, 0.15) is 0 Å². The van der Waals surface area contributed by atoms with E-state index in [1.807, 2.05) is 0 Å². The number of morpholine rings is 1. The van der Waals surface area contributed by atoms with Crippen molar-refractivity contribution < 1.29 is 33.1 Å². The number of nitrogens with one attached hydrogen (secondary N) is 1. The van der Waals surface area contributed by atoms with Gasteiger partial charge in [-0.15, -0.1) is 5.10 Å².